The van der Waals surface area contributed by atoms with Crippen LogP contribution in [0.15, 0.2) is 39.3 Å². The van der Waals surface area contributed by atoms with Crippen molar-refractivity contribution in [1.29, 1.82) is 0 Å². The van der Waals surface area contributed by atoms with E-state index >= 15 is 0 Å². The predicted molar refractivity (Wildman–Crippen MR) is 83.3 cm³/mol. The van der Waals surface area contributed by atoms with Gasteiger partial charge in [0.15, 0.2) is 0 Å². The molecule has 0 saturated heterocycles. The average Bonchev–Trinajstić information content (AvgIpc) is 2.82. The van der Waals surface area contributed by atoms with Crippen LogP contribution in [0.3, 0.4) is 0 Å². The minimum atomic E-state index is -0.111. The molecule has 102 valence electrons. The van der Waals surface area contributed by atoms with E-state index in [-0.39, 0.29) is 27.6 Å². The first kappa shape index (κ1) is 14.9. The molecule has 1 aromatic rings. The molecular formula is C14H14BrCl2NO. The number of hydrogen-bond acceptors (Lipinski definition) is 1. The van der Waals surface area contributed by atoms with Crippen molar-refractivity contribution in [3.63, 3.8) is 0 Å². The quantitative estimate of drug-likeness (QED) is 0.807. The molecule has 2 unspecified atom stereocenters. The number of anilines is 1. The number of benzene rings is 1. The first-order valence-electron chi connectivity index (χ1n) is 5.92. The maximum absolute atomic E-state index is 12.3. The summed E-state index contributed by atoms with van der Waals surface area (Å²) in [4.78, 5) is 12.3. The zero-order chi connectivity index (χ0) is 14.2. The van der Waals surface area contributed by atoms with Crippen molar-refractivity contribution in [2.75, 3.05) is 5.32 Å². The second-order valence-corrected chi connectivity index (χ2v) is 7.11. The van der Waals surface area contributed by atoms with Crippen LogP contribution >= 0.6 is 39.1 Å². The van der Waals surface area contributed by atoms with E-state index in [1.54, 1.807) is 6.08 Å². The Morgan fingerprint density at radius 3 is 2.58 bits per heavy atom. The zero-order valence-corrected chi connectivity index (χ0v) is 13.7. The van der Waals surface area contributed by atoms with Crippen LogP contribution < -0.4 is 5.32 Å². The minimum Gasteiger partial charge on any atom is -0.325 e. The fraction of sp³-hybridized carbons (Fsp3) is 0.357. The average molecular weight is 363 g/mol. The molecule has 1 amide bonds. The summed E-state index contributed by atoms with van der Waals surface area (Å²) in [7, 11) is 0. The van der Waals surface area contributed by atoms with Crippen molar-refractivity contribution in [3.8, 4) is 0 Å². The van der Waals surface area contributed by atoms with Crippen molar-refractivity contribution in [1.82, 2.24) is 0 Å². The number of rotatable bonds is 3. The van der Waals surface area contributed by atoms with Crippen molar-refractivity contribution < 1.29 is 4.79 Å². The largest absolute Gasteiger partial charge is 0.325 e. The van der Waals surface area contributed by atoms with E-state index < -0.39 is 0 Å². The Hall–Kier alpha value is -0.510. The van der Waals surface area contributed by atoms with Crippen LogP contribution in [0.1, 0.15) is 13.8 Å². The number of hydrogen-bond donors (Lipinski definition) is 1. The highest BCUT2D eigenvalue weighted by molar-refractivity contribution is 9.10. The van der Waals surface area contributed by atoms with Crippen LogP contribution in [0.4, 0.5) is 5.69 Å². The Bertz CT molecular complexity index is 538. The molecule has 2 atom stereocenters. The molecule has 1 aliphatic carbocycles. The number of allylic oxidation sites excluding steroid dienone is 1. The molecule has 1 aliphatic rings. The summed E-state index contributed by atoms with van der Waals surface area (Å²) in [6.45, 7) is 4.07. The van der Waals surface area contributed by atoms with Crippen LogP contribution in [-0.2, 0) is 4.79 Å². The second kappa shape index (κ2) is 5.47. The predicted octanol–water partition coefficient (Wildman–Crippen LogP) is 4.98. The third-order valence-electron chi connectivity index (χ3n) is 3.63. The molecule has 1 fully saturated rings. The van der Waals surface area contributed by atoms with Crippen LogP contribution in [-0.4, -0.2) is 5.91 Å². The Kier molecular flexibility index (Phi) is 4.29. The summed E-state index contributed by atoms with van der Waals surface area (Å²) in [5, 5.41) is 2.93. The van der Waals surface area contributed by atoms with E-state index in [9.17, 15) is 4.79 Å². The summed E-state index contributed by atoms with van der Waals surface area (Å²) in [5.41, 5.74) is 0.662. The topological polar surface area (TPSA) is 29.1 Å². The standard InChI is InChI=1S/C14H14BrCl2NO/c1-14(2)8(7-11(16)17)12(14)13(19)18-10-6-4-3-5-9(10)15/h3-8,12H,1-2H3,(H,18,19). The van der Waals surface area contributed by atoms with Gasteiger partial charge in [-0.3, -0.25) is 4.79 Å². The lowest BCUT2D eigenvalue weighted by atomic mass is 10.1. The van der Waals surface area contributed by atoms with Crippen LogP contribution in [0.2, 0.25) is 0 Å². The molecule has 1 N–H and O–H groups in total. The number of carbonyl (C=O) groups is 1. The maximum atomic E-state index is 12.3. The number of halogens is 3. The number of amides is 1. The van der Waals surface area contributed by atoms with Gasteiger partial charge in [-0.15, -0.1) is 0 Å². The number of carbonyl (C=O) groups excluding carboxylic acids is 1. The number of para-hydroxylation sites is 1. The highest BCUT2D eigenvalue weighted by Crippen LogP contribution is 2.60. The molecule has 1 saturated carbocycles. The first-order valence-corrected chi connectivity index (χ1v) is 7.47. The summed E-state index contributed by atoms with van der Waals surface area (Å²) in [6.07, 6.45) is 1.74. The van der Waals surface area contributed by atoms with Gasteiger partial charge in [-0.25, -0.2) is 0 Å². The summed E-state index contributed by atoms with van der Waals surface area (Å²) < 4.78 is 1.08. The van der Waals surface area contributed by atoms with Gasteiger partial charge in [0.2, 0.25) is 5.91 Å². The third kappa shape index (κ3) is 3.15. The lowest BCUT2D eigenvalue weighted by Gasteiger charge is -2.07. The molecule has 2 rings (SSSR count). The summed E-state index contributed by atoms with van der Waals surface area (Å²) in [6, 6.07) is 7.53. The molecule has 0 aliphatic heterocycles. The summed E-state index contributed by atoms with van der Waals surface area (Å²) >= 11 is 14.8. The highest BCUT2D eigenvalue weighted by atomic mass is 79.9. The van der Waals surface area contributed by atoms with Gasteiger partial charge >= 0.3 is 0 Å². The van der Waals surface area contributed by atoms with Gasteiger partial charge in [-0.05, 0) is 45.5 Å². The van der Waals surface area contributed by atoms with Gasteiger partial charge in [0.1, 0.15) is 4.49 Å². The molecule has 0 spiro atoms. The first-order chi connectivity index (χ1) is 8.84. The fourth-order valence-electron chi connectivity index (χ4n) is 2.40. The van der Waals surface area contributed by atoms with E-state index in [0.717, 1.165) is 10.2 Å². The van der Waals surface area contributed by atoms with E-state index in [1.165, 1.54) is 0 Å². The Labute approximate surface area is 131 Å². The SMILES string of the molecule is CC1(C)C(C=C(Cl)Cl)C1C(=O)Nc1ccccc1Br. The smallest absolute Gasteiger partial charge is 0.228 e. The second-order valence-electron chi connectivity index (χ2n) is 5.25. The van der Waals surface area contributed by atoms with Gasteiger partial charge in [-0.1, -0.05) is 49.2 Å². The summed E-state index contributed by atoms with van der Waals surface area (Å²) in [5.74, 6) is -0.0279. The van der Waals surface area contributed by atoms with Crippen molar-refractivity contribution in [2.45, 2.75) is 13.8 Å². The van der Waals surface area contributed by atoms with Gasteiger partial charge < -0.3 is 5.32 Å². The molecule has 2 nitrogen and oxygen atoms in total. The molecule has 0 radical (unpaired) electrons. The van der Waals surface area contributed by atoms with E-state index in [0.29, 0.717) is 0 Å². The maximum Gasteiger partial charge on any atom is 0.228 e. The highest BCUT2D eigenvalue weighted by Gasteiger charge is 2.60. The minimum absolute atomic E-state index is 0.00673. The lowest BCUT2D eigenvalue weighted by molar-refractivity contribution is -0.118. The molecule has 19 heavy (non-hydrogen) atoms. The zero-order valence-electron chi connectivity index (χ0n) is 10.6. The molecule has 5 heteroatoms. The van der Waals surface area contributed by atoms with E-state index in [4.69, 9.17) is 23.2 Å². The Balaban J connectivity index is 2.10. The van der Waals surface area contributed by atoms with Gasteiger partial charge in [0, 0.05) is 4.47 Å². The van der Waals surface area contributed by atoms with Gasteiger partial charge in [0.25, 0.3) is 0 Å². The molecular weight excluding hydrogens is 349 g/mol. The van der Waals surface area contributed by atoms with E-state index in [1.807, 2.05) is 38.1 Å². The molecule has 1 aromatic carbocycles. The van der Waals surface area contributed by atoms with Crippen molar-refractivity contribution >= 4 is 50.7 Å². The Morgan fingerprint density at radius 2 is 2.00 bits per heavy atom. The van der Waals surface area contributed by atoms with Gasteiger partial charge in [0.05, 0.1) is 11.6 Å². The van der Waals surface area contributed by atoms with Crippen LogP contribution in [0.25, 0.3) is 0 Å². The third-order valence-corrected chi connectivity index (χ3v) is 4.57. The molecule has 0 heterocycles. The molecule has 0 aromatic heterocycles. The Morgan fingerprint density at radius 1 is 1.37 bits per heavy atom. The number of nitrogens with one attached hydrogen (secondary N) is 1. The lowest BCUT2D eigenvalue weighted by Crippen LogP contribution is -2.17. The van der Waals surface area contributed by atoms with Crippen LogP contribution in [0.5, 0.6) is 0 Å². The van der Waals surface area contributed by atoms with Crippen molar-refractivity contribution in [2.24, 2.45) is 17.3 Å². The molecule has 0 bridgehead atoms. The van der Waals surface area contributed by atoms with Crippen LogP contribution in [0, 0.1) is 17.3 Å². The van der Waals surface area contributed by atoms with Gasteiger partial charge in [-0.2, -0.15) is 0 Å². The van der Waals surface area contributed by atoms with Crippen molar-refractivity contribution in [3.05, 3.63) is 39.3 Å². The van der Waals surface area contributed by atoms with E-state index in [2.05, 4.69) is 21.2 Å². The fourth-order valence-corrected chi connectivity index (χ4v) is 3.05. The normalized spacial score (nSPS) is 23.6. The monoisotopic (exact) mass is 361 g/mol.